The summed E-state index contributed by atoms with van der Waals surface area (Å²) in [4.78, 5) is 16.6. The van der Waals surface area contributed by atoms with E-state index in [-0.39, 0.29) is 19.0 Å². The molecule has 0 aliphatic heterocycles. The van der Waals surface area contributed by atoms with Crippen LogP contribution in [0.2, 0.25) is 5.02 Å². The minimum atomic E-state index is -3.69. The number of nitrogens with zero attached hydrogens (tertiary/aromatic N) is 3. The van der Waals surface area contributed by atoms with Crippen molar-refractivity contribution in [2.24, 2.45) is 0 Å². The number of nitrogens with one attached hydrogen (secondary N) is 1. The van der Waals surface area contributed by atoms with Gasteiger partial charge in [0, 0.05) is 10.6 Å². The second-order valence-electron chi connectivity index (χ2n) is 6.35. The molecule has 0 radical (unpaired) electrons. The lowest BCUT2D eigenvalue weighted by Gasteiger charge is -2.23. The SMILES string of the molecule is Cc1cc(Cl)ccc1N(CC(=O)NCc1nc(-c2ccccc2)no1)S(C)(=O)=O. The molecule has 1 aromatic heterocycles. The van der Waals surface area contributed by atoms with Crippen molar-refractivity contribution in [2.45, 2.75) is 13.5 Å². The maximum atomic E-state index is 12.4. The normalized spacial score (nSPS) is 11.3. The van der Waals surface area contributed by atoms with E-state index in [4.69, 9.17) is 16.1 Å². The van der Waals surface area contributed by atoms with Gasteiger partial charge in [0.1, 0.15) is 6.54 Å². The molecular formula is C19H19ClN4O4S. The molecule has 10 heteroatoms. The highest BCUT2D eigenvalue weighted by Gasteiger charge is 2.22. The lowest BCUT2D eigenvalue weighted by Crippen LogP contribution is -2.40. The Balaban J connectivity index is 1.68. The van der Waals surface area contributed by atoms with Gasteiger partial charge in [0.05, 0.1) is 18.5 Å². The van der Waals surface area contributed by atoms with E-state index in [0.29, 0.717) is 22.1 Å². The number of carbonyl (C=O) groups is 1. The first-order chi connectivity index (χ1) is 13.7. The number of halogens is 1. The van der Waals surface area contributed by atoms with E-state index in [1.54, 1.807) is 25.1 Å². The topological polar surface area (TPSA) is 105 Å². The van der Waals surface area contributed by atoms with E-state index in [1.165, 1.54) is 0 Å². The van der Waals surface area contributed by atoms with Crippen LogP contribution >= 0.6 is 11.6 Å². The van der Waals surface area contributed by atoms with Crippen molar-refractivity contribution in [3.63, 3.8) is 0 Å². The first kappa shape index (κ1) is 20.8. The van der Waals surface area contributed by atoms with Crippen molar-refractivity contribution in [3.05, 3.63) is 65.0 Å². The summed E-state index contributed by atoms with van der Waals surface area (Å²) in [7, 11) is -3.69. The Morgan fingerprint density at radius 3 is 2.59 bits per heavy atom. The fourth-order valence-electron chi connectivity index (χ4n) is 2.67. The smallest absolute Gasteiger partial charge is 0.246 e. The molecule has 1 amide bonds. The van der Waals surface area contributed by atoms with Crippen LogP contribution in [0.5, 0.6) is 0 Å². The molecule has 8 nitrogen and oxygen atoms in total. The number of aryl methyl sites for hydroxylation is 1. The Kier molecular flexibility index (Phi) is 6.19. The summed E-state index contributed by atoms with van der Waals surface area (Å²) in [6.07, 6.45) is 1.04. The fourth-order valence-corrected chi connectivity index (χ4v) is 3.81. The Bertz CT molecular complexity index is 1120. The molecule has 1 heterocycles. The van der Waals surface area contributed by atoms with Gasteiger partial charge in [-0.25, -0.2) is 8.42 Å². The van der Waals surface area contributed by atoms with Gasteiger partial charge in [0.25, 0.3) is 0 Å². The number of carbonyl (C=O) groups excluding carboxylic acids is 1. The van der Waals surface area contributed by atoms with Crippen LogP contribution in [0, 0.1) is 6.92 Å². The van der Waals surface area contributed by atoms with Crippen molar-refractivity contribution >= 4 is 33.2 Å². The van der Waals surface area contributed by atoms with Crippen LogP contribution in [-0.2, 0) is 21.4 Å². The molecule has 0 spiro atoms. The molecule has 0 atom stereocenters. The van der Waals surface area contributed by atoms with E-state index >= 15 is 0 Å². The molecule has 0 aliphatic carbocycles. The molecule has 1 N–H and O–H groups in total. The van der Waals surface area contributed by atoms with Gasteiger partial charge in [0.15, 0.2) is 0 Å². The number of rotatable bonds is 7. The van der Waals surface area contributed by atoms with E-state index in [2.05, 4.69) is 15.5 Å². The second kappa shape index (κ2) is 8.62. The zero-order valence-corrected chi connectivity index (χ0v) is 17.4. The fraction of sp³-hybridized carbons (Fsp3) is 0.211. The molecule has 2 aromatic carbocycles. The third-order valence-electron chi connectivity index (χ3n) is 4.05. The molecule has 0 aliphatic rings. The molecule has 0 fully saturated rings. The predicted molar refractivity (Wildman–Crippen MR) is 110 cm³/mol. The van der Waals surface area contributed by atoms with E-state index in [0.717, 1.165) is 16.1 Å². The summed E-state index contributed by atoms with van der Waals surface area (Å²) in [5, 5.41) is 6.96. The number of hydrogen-bond acceptors (Lipinski definition) is 6. The first-order valence-corrected chi connectivity index (χ1v) is 10.9. The molecule has 152 valence electrons. The van der Waals surface area contributed by atoms with Crippen LogP contribution in [-0.4, -0.2) is 37.3 Å². The summed E-state index contributed by atoms with van der Waals surface area (Å²) in [5.41, 5.74) is 1.81. The zero-order valence-electron chi connectivity index (χ0n) is 15.8. The molecule has 0 bridgehead atoms. The Morgan fingerprint density at radius 2 is 1.93 bits per heavy atom. The molecule has 3 rings (SSSR count). The standard InChI is InChI=1S/C19H19ClN4O4S/c1-13-10-15(20)8-9-16(13)24(29(2,26)27)12-17(25)21-11-18-22-19(23-28-18)14-6-4-3-5-7-14/h3-10H,11-12H2,1-2H3,(H,21,25). The minimum Gasteiger partial charge on any atom is -0.345 e. The van der Waals surface area contributed by atoms with Gasteiger partial charge in [-0.3, -0.25) is 9.10 Å². The quantitative estimate of drug-likeness (QED) is 0.613. The maximum absolute atomic E-state index is 12.4. The van der Waals surface area contributed by atoms with E-state index in [9.17, 15) is 13.2 Å². The largest absolute Gasteiger partial charge is 0.345 e. The Labute approximate surface area is 173 Å². The number of benzene rings is 2. The summed E-state index contributed by atoms with van der Waals surface area (Å²) in [5.74, 6) is 0.111. The molecule has 3 aromatic rings. The summed E-state index contributed by atoms with van der Waals surface area (Å²) in [6, 6.07) is 14.0. The van der Waals surface area contributed by atoms with Crippen LogP contribution < -0.4 is 9.62 Å². The lowest BCUT2D eigenvalue weighted by atomic mass is 10.2. The highest BCUT2D eigenvalue weighted by atomic mass is 35.5. The lowest BCUT2D eigenvalue weighted by molar-refractivity contribution is -0.119. The minimum absolute atomic E-state index is 0.0180. The van der Waals surface area contributed by atoms with Crippen LogP contribution in [0.15, 0.2) is 53.1 Å². The van der Waals surface area contributed by atoms with E-state index in [1.807, 2.05) is 30.3 Å². The van der Waals surface area contributed by atoms with Gasteiger partial charge in [0.2, 0.25) is 27.6 Å². The van der Waals surface area contributed by atoms with Crippen molar-refractivity contribution < 1.29 is 17.7 Å². The van der Waals surface area contributed by atoms with Crippen LogP contribution in [0.1, 0.15) is 11.5 Å². The van der Waals surface area contributed by atoms with Crippen LogP contribution in [0.4, 0.5) is 5.69 Å². The van der Waals surface area contributed by atoms with Crippen LogP contribution in [0.3, 0.4) is 0 Å². The number of aromatic nitrogens is 2. The highest BCUT2D eigenvalue weighted by Crippen LogP contribution is 2.25. The number of sulfonamides is 1. The van der Waals surface area contributed by atoms with Gasteiger partial charge in [-0.1, -0.05) is 47.1 Å². The molecule has 0 unspecified atom stereocenters. The maximum Gasteiger partial charge on any atom is 0.246 e. The predicted octanol–water partition coefficient (Wildman–Crippen LogP) is 2.78. The summed E-state index contributed by atoms with van der Waals surface area (Å²) >= 11 is 5.93. The molecule has 29 heavy (non-hydrogen) atoms. The summed E-state index contributed by atoms with van der Waals surface area (Å²) < 4.78 is 30.6. The van der Waals surface area contributed by atoms with Gasteiger partial charge < -0.3 is 9.84 Å². The van der Waals surface area contributed by atoms with Gasteiger partial charge in [-0.15, -0.1) is 0 Å². The number of hydrogen-bond donors (Lipinski definition) is 1. The first-order valence-electron chi connectivity index (χ1n) is 8.62. The average Bonchev–Trinajstić information content (AvgIpc) is 3.14. The van der Waals surface area contributed by atoms with Gasteiger partial charge in [-0.05, 0) is 30.7 Å². The van der Waals surface area contributed by atoms with Crippen molar-refractivity contribution in [2.75, 3.05) is 17.1 Å². The van der Waals surface area contributed by atoms with Crippen molar-refractivity contribution in [3.8, 4) is 11.4 Å². The molecule has 0 saturated heterocycles. The van der Waals surface area contributed by atoms with Gasteiger partial charge in [-0.2, -0.15) is 4.98 Å². The van der Waals surface area contributed by atoms with Gasteiger partial charge >= 0.3 is 0 Å². The third-order valence-corrected chi connectivity index (χ3v) is 5.41. The Hall–Kier alpha value is -2.91. The second-order valence-corrected chi connectivity index (χ2v) is 8.70. The van der Waals surface area contributed by atoms with E-state index < -0.39 is 15.9 Å². The number of anilines is 1. The monoisotopic (exact) mass is 434 g/mol. The Morgan fingerprint density at radius 1 is 1.21 bits per heavy atom. The van der Waals surface area contributed by atoms with Crippen molar-refractivity contribution in [1.82, 2.24) is 15.5 Å². The zero-order chi connectivity index (χ0) is 21.0. The molecular weight excluding hydrogens is 416 g/mol. The number of amides is 1. The van der Waals surface area contributed by atoms with Crippen LogP contribution in [0.25, 0.3) is 11.4 Å². The summed E-state index contributed by atoms with van der Waals surface area (Å²) in [6.45, 7) is 1.32. The molecule has 0 saturated carbocycles. The average molecular weight is 435 g/mol. The highest BCUT2D eigenvalue weighted by molar-refractivity contribution is 7.92. The third kappa shape index (κ3) is 5.33. The van der Waals surface area contributed by atoms with Crippen molar-refractivity contribution in [1.29, 1.82) is 0 Å².